The van der Waals surface area contributed by atoms with E-state index in [9.17, 15) is 8.42 Å². The van der Waals surface area contributed by atoms with Crippen molar-refractivity contribution in [2.45, 2.75) is 11.3 Å². The molecule has 1 aromatic heterocycles. The van der Waals surface area contributed by atoms with Gasteiger partial charge in [0.25, 0.3) is 0 Å². The van der Waals surface area contributed by atoms with Gasteiger partial charge in [-0.2, -0.15) is 5.10 Å². The summed E-state index contributed by atoms with van der Waals surface area (Å²) in [6.07, 6.45) is 5.69. The second kappa shape index (κ2) is 7.16. The predicted octanol–water partition coefficient (Wildman–Crippen LogP) is 1.08. The van der Waals surface area contributed by atoms with Gasteiger partial charge in [0.05, 0.1) is 19.5 Å². The zero-order valence-corrected chi connectivity index (χ0v) is 14.2. The number of rotatable bonds is 6. The first-order valence-corrected chi connectivity index (χ1v) is 9.15. The molecule has 0 saturated heterocycles. The minimum atomic E-state index is -3.60. The molecule has 0 unspecified atom stereocenters. The fourth-order valence-electron chi connectivity index (χ4n) is 2.50. The molecule has 1 aliphatic heterocycles. The molecule has 2 aromatic rings. The topological polar surface area (TPSA) is 85.2 Å². The number of methoxy groups -OCH3 is 1. The van der Waals surface area contributed by atoms with Gasteiger partial charge in [-0.1, -0.05) is 23.8 Å². The van der Waals surface area contributed by atoms with Crippen LogP contribution in [0.5, 0.6) is 5.75 Å². The molecule has 24 heavy (non-hydrogen) atoms. The summed E-state index contributed by atoms with van der Waals surface area (Å²) >= 11 is 0. The number of sulfonamides is 1. The van der Waals surface area contributed by atoms with E-state index in [2.05, 4.69) is 15.1 Å². The first-order chi connectivity index (χ1) is 11.6. The van der Waals surface area contributed by atoms with Crippen LogP contribution in [0.25, 0.3) is 5.69 Å². The lowest BCUT2D eigenvalue weighted by Crippen LogP contribution is -2.29. The smallest absolute Gasteiger partial charge is 0.244 e. The van der Waals surface area contributed by atoms with Gasteiger partial charge in [-0.15, -0.1) is 0 Å². The van der Waals surface area contributed by atoms with E-state index in [4.69, 9.17) is 4.74 Å². The molecule has 1 aromatic carbocycles. The van der Waals surface area contributed by atoms with Crippen LogP contribution in [0, 0.1) is 0 Å². The van der Waals surface area contributed by atoms with E-state index in [0.29, 0.717) is 18.0 Å². The zero-order valence-electron chi connectivity index (χ0n) is 13.4. The van der Waals surface area contributed by atoms with Crippen LogP contribution in [0.4, 0.5) is 0 Å². The zero-order chi connectivity index (χ0) is 17.0. The third-order valence-corrected chi connectivity index (χ3v) is 5.20. The average molecular weight is 348 g/mol. The van der Waals surface area contributed by atoms with Crippen molar-refractivity contribution >= 4 is 10.0 Å². The molecule has 2 N–H and O–H groups in total. The highest BCUT2D eigenvalue weighted by atomic mass is 32.2. The fourth-order valence-corrected chi connectivity index (χ4v) is 3.46. The summed E-state index contributed by atoms with van der Waals surface area (Å²) in [4.78, 5) is 0.128. The Balaban J connectivity index is 1.77. The summed E-state index contributed by atoms with van der Waals surface area (Å²) in [6.45, 7) is 1.98. The number of para-hydroxylation sites is 2. The molecule has 128 valence electrons. The molecule has 8 heteroatoms. The molecule has 1 aliphatic rings. The number of nitrogens with one attached hydrogen (secondary N) is 2. The van der Waals surface area contributed by atoms with Crippen molar-refractivity contribution in [1.82, 2.24) is 19.8 Å². The van der Waals surface area contributed by atoms with Gasteiger partial charge in [0.2, 0.25) is 10.0 Å². The van der Waals surface area contributed by atoms with Crippen molar-refractivity contribution in [3.05, 3.63) is 48.3 Å². The Hall–Kier alpha value is -2.16. The molecular weight excluding hydrogens is 328 g/mol. The van der Waals surface area contributed by atoms with E-state index < -0.39 is 10.0 Å². The number of hydrogen-bond acceptors (Lipinski definition) is 5. The van der Waals surface area contributed by atoms with Crippen LogP contribution in [0.15, 0.2) is 53.2 Å². The Bertz CT molecular complexity index is 843. The van der Waals surface area contributed by atoms with Gasteiger partial charge in [0, 0.05) is 13.1 Å². The lowest BCUT2D eigenvalue weighted by molar-refractivity contribution is 0.411. The van der Waals surface area contributed by atoms with Crippen molar-refractivity contribution in [2.75, 3.05) is 26.7 Å². The Kier molecular flexibility index (Phi) is 4.98. The summed E-state index contributed by atoms with van der Waals surface area (Å²) in [6, 6.07) is 7.30. The standard InChI is InChI=1S/C16H20N4O3S/c1-23-16-5-3-2-4-15(16)20-12-14(11-18-20)24(21,22)19-10-13-6-8-17-9-7-13/h2-6,11-12,17,19H,7-10H2,1H3. The Morgan fingerprint density at radius 3 is 2.96 bits per heavy atom. The summed E-state index contributed by atoms with van der Waals surface area (Å²) in [7, 11) is -2.04. The number of hydrogen-bond donors (Lipinski definition) is 2. The number of benzene rings is 1. The van der Waals surface area contributed by atoms with Gasteiger partial charge < -0.3 is 10.1 Å². The van der Waals surface area contributed by atoms with Crippen molar-refractivity contribution < 1.29 is 13.2 Å². The normalized spacial score (nSPS) is 15.1. The molecule has 0 atom stereocenters. The maximum atomic E-state index is 12.4. The molecule has 0 amide bonds. The lowest BCUT2D eigenvalue weighted by atomic mass is 10.1. The van der Waals surface area contributed by atoms with Crippen molar-refractivity contribution in [3.8, 4) is 11.4 Å². The predicted molar refractivity (Wildman–Crippen MR) is 90.9 cm³/mol. The van der Waals surface area contributed by atoms with Gasteiger partial charge in [-0.3, -0.25) is 0 Å². The lowest BCUT2D eigenvalue weighted by Gasteiger charge is -2.14. The maximum Gasteiger partial charge on any atom is 0.244 e. The number of aromatic nitrogens is 2. The summed E-state index contributed by atoms with van der Waals surface area (Å²) in [5.74, 6) is 0.623. The Morgan fingerprint density at radius 1 is 1.38 bits per heavy atom. The minimum Gasteiger partial charge on any atom is -0.494 e. The van der Waals surface area contributed by atoms with E-state index in [0.717, 1.165) is 25.1 Å². The molecular formula is C16H20N4O3S. The van der Waals surface area contributed by atoms with E-state index in [-0.39, 0.29) is 4.90 Å². The van der Waals surface area contributed by atoms with Crippen LogP contribution in [0.2, 0.25) is 0 Å². The van der Waals surface area contributed by atoms with Gasteiger partial charge in [0.15, 0.2) is 0 Å². The summed E-state index contributed by atoms with van der Waals surface area (Å²) in [5, 5.41) is 7.35. The quantitative estimate of drug-likeness (QED) is 0.763. The SMILES string of the molecule is COc1ccccc1-n1cc(S(=O)(=O)NCC2=CCNCC2)cn1. The largest absolute Gasteiger partial charge is 0.494 e. The van der Waals surface area contributed by atoms with E-state index in [1.165, 1.54) is 17.1 Å². The Morgan fingerprint density at radius 2 is 2.21 bits per heavy atom. The van der Waals surface area contributed by atoms with Gasteiger partial charge in [-0.25, -0.2) is 17.8 Å². The summed E-state index contributed by atoms with van der Waals surface area (Å²) < 4.78 is 34.3. The third-order valence-electron chi connectivity index (χ3n) is 3.85. The van der Waals surface area contributed by atoms with Crippen LogP contribution in [-0.2, 0) is 10.0 Å². The number of ether oxygens (including phenoxy) is 1. The second-order valence-electron chi connectivity index (χ2n) is 5.43. The molecule has 0 aliphatic carbocycles. The van der Waals surface area contributed by atoms with Crippen LogP contribution >= 0.6 is 0 Å². The highest BCUT2D eigenvalue weighted by Crippen LogP contribution is 2.22. The molecule has 0 radical (unpaired) electrons. The molecule has 0 spiro atoms. The first kappa shape index (κ1) is 16.7. The molecule has 2 heterocycles. The third kappa shape index (κ3) is 3.66. The molecule has 0 saturated carbocycles. The molecule has 3 rings (SSSR count). The first-order valence-electron chi connectivity index (χ1n) is 7.66. The average Bonchev–Trinajstić information content (AvgIpc) is 3.12. The van der Waals surface area contributed by atoms with Gasteiger partial charge in [0.1, 0.15) is 16.3 Å². The fraction of sp³-hybridized carbons (Fsp3) is 0.312. The molecule has 0 fully saturated rings. The van der Waals surface area contributed by atoms with E-state index in [1.54, 1.807) is 13.2 Å². The highest BCUT2D eigenvalue weighted by Gasteiger charge is 2.18. The highest BCUT2D eigenvalue weighted by molar-refractivity contribution is 7.89. The van der Waals surface area contributed by atoms with Crippen LogP contribution < -0.4 is 14.8 Å². The van der Waals surface area contributed by atoms with E-state index >= 15 is 0 Å². The number of nitrogens with zero attached hydrogens (tertiary/aromatic N) is 2. The maximum absolute atomic E-state index is 12.4. The molecule has 7 nitrogen and oxygen atoms in total. The van der Waals surface area contributed by atoms with Crippen molar-refractivity contribution in [2.24, 2.45) is 0 Å². The molecule has 0 bridgehead atoms. The van der Waals surface area contributed by atoms with Crippen LogP contribution in [-0.4, -0.2) is 44.9 Å². The van der Waals surface area contributed by atoms with Crippen molar-refractivity contribution in [1.29, 1.82) is 0 Å². The Labute approximate surface area is 141 Å². The van der Waals surface area contributed by atoms with Crippen LogP contribution in [0.3, 0.4) is 0 Å². The van der Waals surface area contributed by atoms with Gasteiger partial charge >= 0.3 is 0 Å². The minimum absolute atomic E-state index is 0.128. The second-order valence-corrected chi connectivity index (χ2v) is 7.20. The van der Waals surface area contributed by atoms with E-state index in [1.807, 2.05) is 24.3 Å². The summed E-state index contributed by atoms with van der Waals surface area (Å²) in [5.41, 5.74) is 1.77. The van der Waals surface area contributed by atoms with Crippen molar-refractivity contribution in [3.63, 3.8) is 0 Å². The van der Waals surface area contributed by atoms with Crippen LogP contribution in [0.1, 0.15) is 6.42 Å². The van der Waals surface area contributed by atoms with Gasteiger partial charge in [-0.05, 0) is 25.1 Å². The monoisotopic (exact) mass is 348 g/mol.